The number of benzene rings is 1. The number of ether oxygens (including phenoxy) is 2. The molecule has 0 bridgehead atoms. The van der Waals surface area contributed by atoms with Crippen molar-refractivity contribution in [2.45, 2.75) is 25.7 Å². The highest BCUT2D eigenvalue weighted by Crippen LogP contribution is 2.27. The highest BCUT2D eigenvalue weighted by Gasteiger charge is 2.23. The summed E-state index contributed by atoms with van der Waals surface area (Å²) >= 11 is 0. The van der Waals surface area contributed by atoms with Crippen LogP contribution in [0, 0.1) is 5.82 Å². The molecule has 14 heavy (non-hydrogen) atoms. The topological polar surface area (TPSA) is 18.5 Å². The summed E-state index contributed by atoms with van der Waals surface area (Å²) in [6.45, 7) is 2.59. The van der Waals surface area contributed by atoms with Gasteiger partial charge in [0.15, 0.2) is 6.29 Å². The van der Waals surface area contributed by atoms with Gasteiger partial charge in [0, 0.05) is 5.56 Å². The van der Waals surface area contributed by atoms with Crippen molar-refractivity contribution < 1.29 is 13.9 Å². The van der Waals surface area contributed by atoms with Gasteiger partial charge in [-0.2, -0.15) is 0 Å². The lowest BCUT2D eigenvalue weighted by Gasteiger charge is -2.28. The third kappa shape index (κ3) is 1.94. The smallest absolute Gasteiger partial charge is 0.186 e. The maximum Gasteiger partial charge on any atom is 0.186 e. The molecular weight excluding hydrogens is 183 g/mol. The molecule has 3 heteroatoms. The summed E-state index contributed by atoms with van der Waals surface area (Å²) in [6.07, 6.45) is 0.457. The molecule has 1 heterocycles. The summed E-state index contributed by atoms with van der Waals surface area (Å²) in [7, 11) is 0. The Morgan fingerprint density at radius 2 is 2.14 bits per heavy atom. The first kappa shape index (κ1) is 9.62. The monoisotopic (exact) mass is 196 g/mol. The van der Waals surface area contributed by atoms with Crippen molar-refractivity contribution in [3.05, 3.63) is 35.6 Å². The van der Waals surface area contributed by atoms with Crippen LogP contribution in [0.15, 0.2) is 24.3 Å². The van der Waals surface area contributed by atoms with Crippen LogP contribution >= 0.6 is 0 Å². The first-order valence-corrected chi connectivity index (χ1v) is 4.79. The summed E-state index contributed by atoms with van der Waals surface area (Å²) in [5.74, 6) is -0.272. The third-order valence-corrected chi connectivity index (χ3v) is 2.31. The van der Waals surface area contributed by atoms with Crippen molar-refractivity contribution in [2.24, 2.45) is 0 Å². The van der Waals surface area contributed by atoms with E-state index in [2.05, 4.69) is 0 Å². The minimum Gasteiger partial charge on any atom is -0.348 e. The Morgan fingerprint density at radius 3 is 2.86 bits per heavy atom. The van der Waals surface area contributed by atoms with E-state index in [1.54, 1.807) is 18.2 Å². The van der Waals surface area contributed by atoms with Gasteiger partial charge >= 0.3 is 0 Å². The Labute approximate surface area is 82.6 Å². The fourth-order valence-electron chi connectivity index (χ4n) is 1.49. The zero-order valence-electron chi connectivity index (χ0n) is 8.07. The van der Waals surface area contributed by atoms with Gasteiger partial charge in [-0.15, -0.1) is 0 Å². The van der Waals surface area contributed by atoms with Crippen LogP contribution in [0.2, 0.25) is 0 Å². The van der Waals surface area contributed by atoms with Crippen LogP contribution in [0.4, 0.5) is 4.39 Å². The molecule has 0 N–H and O–H groups in total. The Kier molecular flexibility index (Phi) is 2.79. The van der Waals surface area contributed by atoms with E-state index < -0.39 is 6.29 Å². The summed E-state index contributed by atoms with van der Waals surface area (Å²) in [4.78, 5) is 0. The SMILES string of the molecule is CC1CCOC(c2ccccc2F)O1. The van der Waals surface area contributed by atoms with E-state index in [9.17, 15) is 4.39 Å². The number of rotatable bonds is 1. The van der Waals surface area contributed by atoms with E-state index in [1.165, 1.54) is 6.07 Å². The molecule has 2 nitrogen and oxygen atoms in total. The second-order valence-corrected chi connectivity index (χ2v) is 3.46. The molecule has 0 amide bonds. The summed E-state index contributed by atoms with van der Waals surface area (Å²) in [6, 6.07) is 6.55. The average molecular weight is 196 g/mol. The largest absolute Gasteiger partial charge is 0.348 e. The molecule has 2 atom stereocenters. The molecular formula is C11H13FO2. The van der Waals surface area contributed by atoms with Crippen LogP contribution in [0.5, 0.6) is 0 Å². The predicted octanol–water partition coefficient (Wildman–Crippen LogP) is 2.65. The molecule has 1 aliphatic heterocycles. The fourth-order valence-corrected chi connectivity index (χ4v) is 1.49. The molecule has 0 aliphatic carbocycles. The van der Waals surface area contributed by atoms with E-state index >= 15 is 0 Å². The maximum absolute atomic E-state index is 13.3. The normalized spacial score (nSPS) is 27.6. The summed E-state index contributed by atoms with van der Waals surface area (Å²) in [5, 5.41) is 0. The van der Waals surface area contributed by atoms with Gasteiger partial charge in [0.2, 0.25) is 0 Å². The summed E-state index contributed by atoms with van der Waals surface area (Å²) in [5.41, 5.74) is 0.485. The molecule has 1 aromatic rings. The van der Waals surface area contributed by atoms with E-state index in [4.69, 9.17) is 9.47 Å². The van der Waals surface area contributed by atoms with Gasteiger partial charge < -0.3 is 9.47 Å². The van der Waals surface area contributed by atoms with Crippen molar-refractivity contribution in [1.29, 1.82) is 0 Å². The van der Waals surface area contributed by atoms with Crippen LogP contribution in [0.25, 0.3) is 0 Å². The van der Waals surface area contributed by atoms with Crippen molar-refractivity contribution in [1.82, 2.24) is 0 Å². The standard InChI is InChI=1S/C11H13FO2/c1-8-6-7-13-11(14-8)9-4-2-3-5-10(9)12/h2-5,8,11H,6-7H2,1H3. The second kappa shape index (κ2) is 4.07. The quantitative estimate of drug-likeness (QED) is 0.687. The molecule has 1 aliphatic rings. The third-order valence-electron chi connectivity index (χ3n) is 2.31. The number of hydrogen-bond donors (Lipinski definition) is 0. The minimum atomic E-state index is -0.542. The Bertz CT molecular complexity index is 314. The number of halogens is 1. The van der Waals surface area contributed by atoms with Crippen molar-refractivity contribution >= 4 is 0 Å². The number of hydrogen-bond acceptors (Lipinski definition) is 2. The molecule has 1 aromatic carbocycles. The molecule has 1 fully saturated rings. The van der Waals surface area contributed by atoms with Crippen molar-refractivity contribution in [3.63, 3.8) is 0 Å². The van der Waals surface area contributed by atoms with Gasteiger partial charge in [0.1, 0.15) is 5.82 Å². The molecule has 1 saturated heterocycles. The van der Waals surface area contributed by atoms with Crippen LogP contribution in [0.1, 0.15) is 25.2 Å². The Morgan fingerprint density at radius 1 is 1.36 bits per heavy atom. The Hall–Kier alpha value is -0.930. The lowest BCUT2D eigenvalue weighted by atomic mass is 10.2. The van der Waals surface area contributed by atoms with E-state index in [1.807, 2.05) is 6.92 Å². The lowest BCUT2D eigenvalue weighted by molar-refractivity contribution is -0.213. The molecule has 0 radical (unpaired) electrons. The van der Waals surface area contributed by atoms with E-state index in [0.717, 1.165) is 6.42 Å². The van der Waals surface area contributed by atoms with E-state index in [-0.39, 0.29) is 11.9 Å². The zero-order valence-corrected chi connectivity index (χ0v) is 8.07. The van der Waals surface area contributed by atoms with Crippen LogP contribution in [-0.4, -0.2) is 12.7 Å². The molecule has 0 aromatic heterocycles. The lowest BCUT2D eigenvalue weighted by Crippen LogP contribution is -2.25. The van der Waals surface area contributed by atoms with Gasteiger partial charge in [0.05, 0.1) is 12.7 Å². The molecule has 0 saturated carbocycles. The molecule has 0 spiro atoms. The molecule has 76 valence electrons. The molecule has 2 unspecified atom stereocenters. The van der Waals surface area contributed by atoms with Gasteiger partial charge in [-0.05, 0) is 19.4 Å². The van der Waals surface area contributed by atoms with Gasteiger partial charge in [-0.25, -0.2) is 4.39 Å². The predicted molar refractivity (Wildman–Crippen MR) is 50.3 cm³/mol. The highest BCUT2D eigenvalue weighted by molar-refractivity contribution is 5.18. The van der Waals surface area contributed by atoms with Gasteiger partial charge in [0.25, 0.3) is 0 Å². The highest BCUT2D eigenvalue weighted by atomic mass is 19.1. The first-order valence-electron chi connectivity index (χ1n) is 4.79. The Balaban J connectivity index is 2.18. The molecule has 2 rings (SSSR count). The van der Waals surface area contributed by atoms with Crippen LogP contribution in [-0.2, 0) is 9.47 Å². The second-order valence-electron chi connectivity index (χ2n) is 3.46. The average Bonchev–Trinajstić information content (AvgIpc) is 2.18. The van der Waals surface area contributed by atoms with Crippen molar-refractivity contribution in [2.75, 3.05) is 6.61 Å². The minimum absolute atomic E-state index is 0.133. The van der Waals surface area contributed by atoms with Crippen molar-refractivity contribution in [3.8, 4) is 0 Å². The first-order chi connectivity index (χ1) is 6.77. The maximum atomic E-state index is 13.3. The summed E-state index contributed by atoms with van der Waals surface area (Å²) < 4.78 is 24.2. The van der Waals surface area contributed by atoms with Gasteiger partial charge in [-0.1, -0.05) is 18.2 Å². The zero-order chi connectivity index (χ0) is 9.97. The van der Waals surface area contributed by atoms with Crippen LogP contribution in [0.3, 0.4) is 0 Å². The van der Waals surface area contributed by atoms with Crippen LogP contribution < -0.4 is 0 Å². The fraction of sp³-hybridized carbons (Fsp3) is 0.455. The van der Waals surface area contributed by atoms with E-state index in [0.29, 0.717) is 12.2 Å². The van der Waals surface area contributed by atoms with Gasteiger partial charge in [-0.3, -0.25) is 0 Å².